The van der Waals surface area contributed by atoms with Crippen LogP contribution < -0.4 is 5.32 Å². The zero-order valence-electron chi connectivity index (χ0n) is 16.1. The number of amides is 1. The van der Waals surface area contributed by atoms with Gasteiger partial charge in [0.2, 0.25) is 5.91 Å². The Morgan fingerprint density at radius 3 is 2.30 bits per heavy atom. The summed E-state index contributed by atoms with van der Waals surface area (Å²) in [7, 11) is 0. The summed E-state index contributed by atoms with van der Waals surface area (Å²) < 4.78 is 0. The third kappa shape index (κ3) is 2.79. The second-order valence-electron chi connectivity index (χ2n) is 8.01. The number of carbonyl (C=O) groups is 2. The van der Waals surface area contributed by atoms with E-state index in [1.54, 1.807) is 36.4 Å². The first-order valence-corrected chi connectivity index (χ1v) is 10.4. The highest BCUT2D eigenvalue weighted by Crippen LogP contribution is 2.57. The van der Waals surface area contributed by atoms with Crippen molar-refractivity contribution in [2.24, 2.45) is 11.8 Å². The number of ketones is 1. The van der Waals surface area contributed by atoms with Gasteiger partial charge in [0, 0.05) is 22.4 Å². The predicted molar refractivity (Wildman–Crippen MR) is 116 cm³/mol. The third-order valence-corrected chi connectivity index (χ3v) is 6.73. The lowest BCUT2D eigenvalue weighted by molar-refractivity contribution is -0.130. The van der Waals surface area contributed by atoms with Crippen molar-refractivity contribution >= 4 is 29.0 Å². The largest absolute Gasteiger partial charge is 0.384 e. The lowest BCUT2D eigenvalue weighted by atomic mass is 9.74. The number of nitrogens with one attached hydrogen (secondary N) is 1. The Hall–Kier alpha value is -2.95. The van der Waals surface area contributed by atoms with Crippen LogP contribution in [0.4, 0.5) is 5.69 Å². The van der Waals surface area contributed by atoms with Crippen molar-refractivity contribution in [2.75, 3.05) is 5.32 Å². The second kappa shape index (κ2) is 7.08. The Kier molecular flexibility index (Phi) is 4.49. The smallest absolute Gasteiger partial charge is 0.231 e. The quantitative estimate of drug-likeness (QED) is 0.630. The molecule has 0 radical (unpaired) electrons. The number of rotatable bonds is 2. The molecular weight excluding hydrogens is 398 g/mol. The van der Waals surface area contributed by atoms with E-state index in [0.717, 1.165) is 5.56 Å². The Bertz CT molecular complexity index is 1130. The van der Waals surface area contributed by atoms with Gasteiger partial charge in [-0.1, -0.05) is 66.2 Å². The molecule has 0 spiro atoms. The van der Waals surface area contributed by atoms with Crippen LogP contribution in [0.25, 0.3) is 0 Å². The van der Waals surface area contributed by atoms with Crippen molar-refractivity contribution in [2.45, 2.75) is 17.9 Å². The van der Waals surface area contributed by atoms with Crippen LogP contribution >= 0.6 is 11.6 Å². The maximum Gasteiger partial charge on any atom is 0.231 e. The van der Waals surface area contributed by atoms with Gasteiger partial charge in [-0.05, 0) is 41.8 Å². The van der Waals surface area contributed by atoms with Gasteiger partial charge < -0.3 is 10.4 Å². The summed E-state index contributed by atoms with van der Waals surface area (Å²) in [4.78, 5) is 26.9. The highest BCUT2D eigenvalue weighted by atomic mass is 35.5. The molecule has 4 unspecified atom stereocenters. The van der Waals surface area contributed by atoms with E-state index in [4.69, 9.17) is 11.6 Å². The van der Waals surface area contributed by atoms with Crippen molar-refractivity contribution in [1.29, 1.82) is 0 Å². The van der Waals surface area contributed by atoms with Gasteiger partial charge in [0.15, 0.2) is 5.78 Å². The lowest BCUT2D eigenvalue weighted by Crippen LogP contribution is -2.44. The molecule has 1 saturated carbocycles. The summed E-state index contributed by atoms with van der Waals surface area (Å²) in [6.45, 7) is 0. The van der Waals surface area contributed by atoms with Crippen LogP contribution in [0.2, 0.25) is 5.02 Å². The van der Waals surface area contributed by atoms with Crippen molar-refractivity contribution in [3.63, 3.8) is 0 Å². The molecule has 0 aromatic heterocycles. The molecule has 2 N–H and O–H groups in total. The molecule has 2 aliphatic rings. The standard InChI is InChI=1S/C25H20ClNO3/c26-17-12-10-15(11-13-17)20-14-19-22(25(20,30)16-6-2-1-3-7-16)24(29)27-21-9-5-4-8-18(21)23(19)28/h1-13,19-20,22,30H,14H2,(H,27,29). The van der Waals surface area contributed by atoms with Gasteiger partial charge in [-0.2, -0.15) is 0 Å². The SMILES string of the molecule is O=C1c2ccccc2NC(=O)C2C1CC(c1ccc(Cl)cc1)C2(O)c1ccccc1. The summed E-state index contributed by atoms with van der Waals surface area (Å²) in [5.74, 6) is -2.40. The lowest BCUT2D eigenvalue weighted by Gasteiger charge is -2.36. The van der Waals surface area contributed by atoms with Crippen LogP contribution in [0.5, 0.6) is 0 Å². The minimum atomic E-state index is -1.53. The van der Waals surface area contributed by atoms with E-state index >= 15 is 0 Å². The van der Waals surface area contributed by atoms with Crippen LogP contribution in [0.3, 0.4) is 0 Å². The number of fused-ring (bicyclic) bond motifs is 2. The fourth-order valence-electron chi connectivity index (χ4n) is 5.12. The molecule has 1 amide bonds. The van der Waals surface area contributed by atoms with Crippen molar-refractivity contribution < 1.29 is 14.7 Å². The molecule has 5 heteroatoms. The van der Waals surface area contributed by atoms with Crippen LogP contribution in [-0.4, -0.2) is 16.8 Å². The fourth-order valence-corrected chi connectivity index (χ4v) is 5.25. The van der Waals surface area contributed by atoms with Crippen molar-refractivity contribution in [1.82, 2.24) is 0 Å². The van der Waals surface area contributed by atoms with Gasteiger partial charge in [-0.3, -0.25) is 9.59 Å². The minimum absolute atomic E-state index is 0.111. The molecular formula is C25H20ClNO3. The van der Waals surface area contributed by atoms with E-state index in [9.17, 15) is 14.7 Å². The zero-order chi connectivity index (χ0) is 20.9. The average Bonchev–Trinajstić information content (AvgIpc) is 3.03. The van der Waals surface area contributed by atoms with Crippen molar-refractivity contribution in [3.05, 3.63) is 101 Å². The number of carbonyl (C=O) groups excluding carboxylic acids is 2. The van der Waals surface area contributed by atoms with E-state index in [-0.39, 0.29) is 11.7 Å². The Morgan fingerprint density at radius 2 is 1.57 bits per heavy atom. The molecule has 30 heavy (non-hydrogen) atoms. The van der Waals surface area contributed by atoms with E-state index < -0.39 is 23.4 Å². The van der Waals surface area contributed by atoms with Gasteiger partial charge >= 0.3 is 0 Å². The van der Waals surface area contributed by atoms with Crippen molar-refractivity contribution in [3.8, 4) is 0 Å². The van der Waals surface area contributed by atoms with Gasteiger partial charge in [-0.25, -0.2) is 0 Å². The normalized spacial score (nSPS) is 27.7. The maximum absolute atomic E-state index is 13.5. The van der Waals surface area contributed by atoms with E-state index in [1.807, 2.05) is 42.5 Å². The molecule has 3 aromatic carbocycles. The monoisotopic (exact) mass is 417 g/mol. The molecule has 1 heterocycles. The van der Waals surface area contributed by atoms with E-state index in [2.05, 4.69) is 5.32 Å². The molecule has 4 atom stereocenters. The number of aliphatic hydroxyl groups is 1. The zero-order valence-corrected chi connectivity index (χ0v) is 16.8. The Balaban J connectivity index is 1.70. The highest BCUT2D eigenvalue weighted by molar-refractivity contribution is 6.30. The molecule has 0 bridgehead atoms. The first-order valence-electron chi connectivity index (χ1n) is 9.97. The summed E-state index contributed by atoms with van der Waals surface area (Å²) in [5.41, 5.74) is 0.951. The maximum atomic E-state index is 13.5. The molecule has 5 rings (SSSR count). The number of para-hydroxylation sites is 1. The van der Waals surface area contributed by atoms with Gasteiger partial charge in [0.1, 0.15) is 5.60 Å². The first kappa shape index (κ1) is 19.0. The van der Waals surface area contributed by atoms with Crippen LogP contribution in [0.15, 0.2) is 78.9 Å². The van der Waals surface area contributed by atoms with Crippen LogP contribution in [-0.2, 0) is 10.4 Å². The Labute approximate surface area is 179 Å². The number of benzene rings is 3. The fraction of sp³-hybridized carbons (Fsp3) is 0.200. The molecule has 4 nitrogen and oxygen atoms in total. The minimum Gasteiger partial charge on any atom is -0.384 e. The Morgan fingerprint density at radius 1 is 0.900 bits per heavy atom. The van der Waals surface area contributed by atoms with Crippen LogP contribution in [0.1, 0.15) is 33.8 Å². The van der Waals surface area contributed by atoms with Gasteiger partial charge in [-0.15, -0.1) is 0 Å². The third-order valence-electron chi connectivity index (χ3n) is 6.48. The average molecular weight is 418 g/mol. The number of hydrogen-bond donors (Lipinski definition) is 2. The van der Waals surface area contributed by atoms with Gasteiger partial charge in [0.05, 0.1) is 11.6 Å². The molecule has 1 aliphatic carbocycles. The van der Waals surface area contributed by atoms with Gasteiger partial charge in [0.25, 0.3) is 0 Å². The molecule has 1 fully saturated rings. The number of Topliss-reactive ketones (excluding diaryl/α,β-unsaturated/α-hetero) is 1. The van der Waals surface area contributed by atoms with E-state index in [1.165, 1.54) is 0 Å². The first-order chi connectivity index (χ1) is 14.5. The molecule has 3 aromatic rings. The molecule has 1 aliphatic heterocycles. The summed E-state index contributed by atoms with van der Waals surface area (Å²) >= 11 is 6.07. The van der Waals surface area contributed by atoms with Crippen LogP contribution in [0, 0.1) is 11.8 Å². The topological polar surface area (TPSA) is 66.4 Å². The molecule has 150 valence electrons. The summed E-state index contributed by atoms with van der Waals surface area (Å²) in [6.07, 6.45) is 0.373. The van der Waals surface area contributed by atoms with E-state index in [0.29, 0.717) is 28.3 Å². The summed E-state index contributed by atoms with van der Waals surface area (Å²) in [5, 5.41) is 15.7. The summed E-state index contributed by atoms with van der Waals surface area (Å²) in [6, 6.07) is 23.5. The second-order valence-corrected chi connectivity index (χ2v) is 8.45. The number of anilines is 1. The number of hydrogen-bond acceptors (Lipinski definition) is 3. The predicted octanol–water partition coefficient (Wildman–Crippen LogP) is 4.78. The highest BCUT2D eigenvalue weighted by Gasteiger charge is 2.61. The number of halogens is 1. The molecule has 0 saturated heterocycles.